The van der Waals surface area contributed by atoms with E-state index in [2.05, 4.69) is 9.99 Å². The summed E-state index contributed by atoms with van der Waals surface area (Å²) in [5, 5.41) is 12.3. The Bertz CT molecular complexity index is 373. The Morgan fingerprint density at radius 2 is 2.19 bits per heavy atom. The maximum absolute atomic E-state index is 10.5. The van der Waals surface area contributed by atoms with E-state index in [1.165, 1.54) is 7.11 Å². The molecule has 5 nitrogen and oxygen atoms in total. The van der Waals surface area contributed by atoms with Gasteiger partial charge in [-0.2, -0.15) is 0 Å². The van der Waals surface area contributed by atoms with E-state index >= 15 is 0 Å². The van der Waals surface area contributed by atoms with E-state index in [4.69, 9.17) is 10.8 Å². The predicted molar refractivity (Wildman–Crippen MR) is 60.4 cm³/mol. The molecule has 0 spiro atoms. The van der Waals surface area contributed by atoms with Gasteiger partial charge in [0, 0.05) is 0 Å². The van der Waals surface area contributed by atoms with E-state index in [-0.39, 0.29) is 0 Å². The number of benzene rings is 1. The topological polar surface area (TPSA) is 84.9 Å². The summed E-state index contributed by atoms with van der Waals surface area (Å²) < 4.78 is 0. The van der Waals surface area contributed by atoms with Gasteiger partial charge in [-0.05, 0) is 17.5 Å². The largest absolute Gasteiger partial charge is 0.480 e. The number of nitrogens with zero attached hydrogens (tertiary/aromatic N) is 1. The van der Waals surface area contributed by atoms with Gasteiger partial charge in [0.25, 0.3) is 0 Å². The fourth-order valence-electron chi connectivity index (χ4n) is 1.19. The molecule has 5 heteroatoms. The highest BCUT2D eigenvalue weighted by Gasteiger charge is 2.11. The second-order valence-corrected chi connectivity index (χ2v) is 3.31. The second-order valence-electron chi connectivity index (χ2n) is 3.31. The Hall–Kier alpha value is -1.88. The lowest BCUT2D eigenvalue weighted by Gasteiger charge is -2.06. The normalized spacial score (nSPS) is 12.6. The Labute approximate surface area is 93.5 Å². The van der Waals surface area contributed by atoms with E-state index in [0.717, 1.165) is 11.1 Å². The number of hydrogen-bond donors (Lipinski definition) is 2. The summed E-state index contributed by atoms with van der Waals surface area (Å²) in [6, 6.07) is 6.43. The number of carboxylic acid groups (broad SMARTS) is 1. The standard InChI is InChI=1S/C11H14N2O3/c1-16-13-7-9-4-2-8(3-5-9)6-10(12)11(14)15/h2-5,7,10H,6,12H2,1H3,(H,14,15). The molecule has 0 aliphatic rings. The molecule has 0 amide bonds. The molecule has 0 saturated carbocycles. The molecule has 0 heterocycles. The summed E-state index contributed by atoms with van der Waals surface area (Å²) in [6.45, 7) is 0. The molecule has 0 bridgehead atoms. The van der Waals surface area contributed by atoms with Crippen molar-refractivity contribution in [3.63, 3.8) is 0 Å². The lowest BCUT2D eigenvalue weighted by atomic mass is 10.1. The fourth-order valence-corrected chi connectivity index (χ4v) is 1.19. The minimum Gasteiger partial charge on any atom is -0.480 e. The predicted octanol–water partition coefficient (Wildman–Crippen LogP) is 0.621. The van der Waals surface area contributed by atoms with Crippen molar-refractivity contribution in [3.8, 4) is 0 Å². The number of carboxylic acids is 1. The molecule has 1 unspecified atom stereocenters. The van der Waals surface area contributed by atoms with Crippen LogP contribution in [0.3, 0.4) is 0 Å². The number of nitrogens with two attached hydrogens (primary N) is 1. The average Bonchev–Trinajstić information content (AvgIpc) is 2.28. The van der Waals surface area contributed by atoms with Crippen LogP contribution < -0.4 is 5.73 Å². The van der Waals surface area contributed by atoms with Crippen molar-refractivity contribution in [1.29, 1.82) is 0 Å². The quantitative estimate of drug-likeness (QED) is 0.565. The summed E-state index contributed by atoms with van der Waals surface area (Å²) in [4.78, 5) is 15.1. The third-order valence-corrected chi connectivity index (χ3v) is 2.06. The molecular weight excluding hydrogens is 208 g/mol. The zero-order valence-electron chi connectivity index (χ0n) is 8.96. The molecular formula is C11H14N2O3. The minimum absolute atomic E-state index is 0.317. The summed E-state index contributed by atoms with van der Waals surface area (Å²) in [6.07, 6.45) is 1.89. The van der Waals surface area contributed by atoms with Crippen molar-refractivity contribution in [2.24, 2.45) is 10.9 Å². The van der Waals surface area contributed by atoms with Crippen molar-refractivity contribution < 1.29 is 14.7 Å². The van der Waals surface area contributed by atoms with Crippen LogP contribution in [0.1, 0.15) is 11.1 Å². The third kappa shape index (κ3) is 3.70. The van der Waals surface area contributed by atoms with Gasteiger partial charge in [-0.15, -0.1) is 0 Å². The van der Waals surface area contributed by atoms with Gasteiger partial charge in [-0.1, -0.05) is 29.4 Å². The molecule has 1 aromatic rings. The van der Waals surface area contributed by atoms with Gasteiger partial charge in [0.2, 0.25) is 0 Å². The average molecular weight is 222 g/mol. The molecule has 3 N–H and O–H groups in total. The van der Waals surface area contributed by atoms with Crippen molar-refractivity contribution in [1.82, 2.24) is 0 Å². The van der Waals surface area contributed by atoms with Gasteiger partial charge in [-0.3, -0.25) is 4.79 Å². The first-order chi connectivity index (χ1) is 7.63. The first-order valence-electron chi connectivity index (χ1n) is 4.77. The number of aliphatic carboxylic acids is 1. The minimum atomic E-state index is -0.995. The number of oxime groups is 1. The van der Waals surface area contributed by atoms with Crippen LogP contribution in [0.4, 0.5) is 0 Å². The SMILES string of the molecule is CON=Cc1ccc(CC(N)C(=O)O)cc1. The van der Waals surface area contributed by atoms with Crippen molar-refractivity contribution in [2.75, 3.05) is 7.11 Å². The molecule has 1 aromatic carbocycles. The van der Waals surface area contributed by atoms with Crippen molar-refractivity contribution >= 4 is 12.2 Å². The van der Waals surface area contributed by atoms with Gasteiger partial charge >= 0.3 is 5.97 Å². The molecule has 0 aliphatic carbocycles. The molecule has 0 aliphatic heterocycles. The monoisotopic (exact) mass is 222 g/mol. The van der Waals surface area contributed by atoms with Crippen LogP contribution in [-0.2, 0) is 16.1 Å². The first kappa shape index (κ1) is 12.2. The highest BCUT2D eigenvalue weighted by Crippen LogP contribution is 2.05. The molecule has 1 rings (SSSR count). The zero-order valence-corrected chi connectivity index (χ0v) is 8.96. The van der Waals surface area contributed by atoms with Crippen LogP contribution in [0.2, 0.25) is 0 Å². The Balaban J connectivity index is 2.64. The smallest absolute Gasteiger partial charge is 0.320 e. The highest BCUT2D eigenvalue weighted by atomic mass is 16.6. The van der Waals surface area contributed by atoms with E-state index in [9.17, 15) is 4.79 Å². The van der Waals surface area contributed by atoms with Crippen LogP contribution in [-0.4, -0.2) is 30.4 Å². The maximum atomic E-state index is 10.5. The van der Waals surface area contributed by atoms with Crippen molar-refractivity contribution in [3.05, 3.63) is 35.4 Å². The van der Waals surface area contributed by atoms with Gasteiger partial charge in [0.15, 0.2) is 0 Å². The second kappa shape index (κ2) is 5.87. The lowest BCUT2D eigenvalue weighted by Crippen LogP contribution is -2.32. The molecule has 86 valence electrons. The zero-order chi connectivity index (χ0) is 12.0. The van der Waals surface area contributed by atoms with Crippen LogP contribution in [0.5, 0.6) is 0 Å². The number of hydrogen-bond acceptors (Lipinski definition) is 4. The first-order valence-corrected chi connectivity index (χ1v) is 4.77. The number of rotatable bonds is 5. The summed E-state index contributed by atoms with van der Waals surface area (Å²) in [7, 11) is 1.47. The van der Waals surface area contributed by atoms with Gasteiger partial charge in [-0.25, -0.2) is 0 Å². The molecule has 1 atom stereocenters. The van der Waals surface area contributed by atoms with Gasteiger partial charge in [0.05, 0.1) is 6.21 Å². The molecule has 0 aromatic heterocycles. The van der Waals surface area contributed by atoms with Gasteiger partial charge in [0.1, 0.15) is 13.2 Å². The lowest BCUT2D eigenvalue weighted by molar-refractivity contribution is -0.138. The van der Waals surface area contributed by atoms with Crippen LogP contribution >= 0.6 is 0 Å². The Morgan fingerprint density at radius 1 is 1.56 bits per heavy atom. The number of carbonyl (C=O) groups is 1. The van der Waals surface area contributed by atoms with E-state index in [1.807, 2.05) is 24.3 Å². The molecule has 0 fully saturated rings. The van der Waals surface area contributed by atoms with E-state index in [0.29, 0.717) is 6.42 Å². The molecule has 0 saturated heterocycles. The molecule has 0 radical (unpaired) electrons. The van der Waals surface area contributed by atoms with Crippen molar-refractivity contribution in [2.45, 2.75) is 12.5 Å². The van der Waals surface area contributed by atoms with Crippen LogP contribution in [0.15, 0.2) is 29.4 Å². The summed E-state index contributed by atoms with van der Waals surface area (Å²) in [5.74, 6) is -0.995. The van der Waals surface area contributed by atoms with Crippen LogP contribution in [0, 0.1) is 0 Å². The van der Waals surface area contributed by atoms with E-state index in [1.54, 1.807) is 6.21 Å². The summed E-state index contributed by atoms with van der Waals surface area (Å²) >= 11 is 0. The summed E-state index contributed by atoms with van der Waals surface area (Å²) in [5.41, 5.74) is 7.18. The maximum Gasteiger partial charge on any atom is 0.320 e. The highest BCUT2D eigenvalue weighted by molar-refractivity contribution is 5.79. The third-order valence-electron chi connectivity index (χ3n) is 2.06. The van der Waals surface area contributed by atoms with E-state index < -0.39 is 12.0 Å². The molecule has 16 heavy (non-hydrogen) atoms. The fraction of sp³-hybridized carbons (Fsp3) is 0.273. The van der Waals surface area contributed by atoms with Crippen LogP contribution in [0.25, 0.3) is 0 Å². The Kier molecular flexibility index (Phi) is 4.47. The van der Waals surface area contributed by atoms with Gasteiger partial charge < -0.3 is 15.7 Å². The Morgan fingerprint density at radius 3 is 2.69 bits per heavy atom.